The summed E-state index contributed by atoms with van der Waals surface area (Å²) in [7, 11) is -3.61. The van der Waals surface area contributed by atoms with Gasteiger partial charge in [0.1, 0.15) is 17.2 Å². The van der Waals surface area contributed by atoms with Gasteiger partial charge < -0.3 is 14.6 Å². The van der Waals surface area contributed by atoms with Crippen LogP contribution in [0.25, 0.3) is 0 Å². The van der Waals surface area contributed by atoms with Gasteiger partial charge in [0.15, 0.2) is 5.78 Å². The Kier molecular flexibility index (Phi) is 9.07. The molecule has 1 amide bonds. The van der Waals surface area contributed by atoms with Crippen molar-refractivity contribution in [3.63, 3.8) is 0 Å². The van der Waals surface area contributed by atoms with Gasteiger partial charge in [-0.2, -0.15) is 0 Å². The smallest absolute Gasteiger partial charge is 0.264 e. The van der Waals surface area contributed by atoms with Gasteiger partial charge in [-0.05, 0) is 62.6 Å². The van der Waals surface area contributed by atoms with Crippen molar-refractivity contribution in [2.24, 2.45) is 0 Å². The first-order chi connectivity index (χ1) is 15.1. The van der Waals surface area contributed by atoms with Crippen LogP contribution in [0.4, 0.5) is 0 Å². The molecule has 32 heavy (non-hydrogen) atoms. The van der Waals surface area contributed by atoms with Crippen LogP contribution in [0.1, 0.15) is 59.4 Å². The standard InChI is InChI=1S/C23H29NO7S/c1-4-7-20-21(13-12-19(16(2)25)22(20)26)31-15-6-5-14-30-18-10-8-17(9-11-18)23(27)24-32(3,28)29/h8-13,26H,4-7,14-15H2,1-3H3,(H,24,27). The van der Waals surface area contributed by atoms with Gasteiger partial charge >= 0.3 is 0 Å². The van der Waals surface area contributed by atoms with Crippen LogP contribution < -0.4 is 14.2 Å². The molecule has 0 fully saturated rings. The maximum absolute atomic E-state index is 11.8. The third kappa shape index (κ3) is 7.56. The minimum Gasteiger partial charge on any atom is -0.507 e. The summed E-state index contributed by atoms with van der Waals surface area (Å²) in [6, 6.07) is 9.49. The first-order valence-electron chi connectivity index (χ1n) is 10.4. The number of rotatable bonds is 12. The minimum absolute atomic E-state index is 0.00570. The second-order valence-electron chi connectivity index (χ2n) is 7.38. The topological polar surface area (TPSA) is 119 Å². The molecular weight excluding hydrogens is 434 g/mol. The molecule has 0 aliphatic rings. The quantitative estimate of drug-likeness (QED) is 0.365. The SMILES string of the molecule is CCCc1c(OCCCCOc2ccc(C(=O)NS(C)(=O)=O)cc2)ccc(C(C)=O)c1O. The maximum Gasteiger partial charge on any atom is 0.264 e. The largest absolute Gasteiger partial charge is 0.507 e. The maximum atomic E-state index is 11.8. The molecular formula is C23H29NO7S. The number of phenolic OH excluding ortho intramolecular Hbond substituents is 1. The van der Waals surface area contributed by atoms with Gasteiger partial charge in [0, 0.05) is 11.1 Å². The summed E-state index contributed by atoms with van der Waals surface area (Å²) in [6.07, 6.45) is 3.78. The van der Waals surface area contributed by atoms with E-state index in [4.69, 9.17) is 9.47 Å². The molecule has 0 aliphatic carbocycles. The number of nitrogens with one attached hydrogen (secondary N) is 1. The van der Waals surface area contributed by atoms with Crippen LogP contribution in [0.3, 0.4) is 0 Å². The normalized spacial score (nSPS) is 11.1. The number of unbranched alkanes of at least 4 members (excludes halogenated alkanes) is 1. The first-order valence-corrected chi connectivity index (χ1v) is 12.2. The number of benzene rings is 2. The molecule has 0 aliphatic heterocycles. The third-order valence-electron chi connectivity index (χ3n) is 4.58. The fourth-order valence-corrected chi connectivity index (χ4v) is 3.49. The van der Waals surface area contributed by atoms with E-state index in [-0.39, 0.29) is 17.1 Å². The number of ketones is 1. The van der Waals surface area contributed by atoms with Crippen molar-refractivity contribution >= 4 is 21.7 Å². The van der Waals surface area contributed by atoms with E-state index in [2.05, 4.69) is 0 Å². The van der Waals surface area contributed by atoms with Gasteiger partial charge in [0.2, 0.25) is 10.0 Å². The van der Waals surface area contributed by atoms with Crippen LogP contribution in [-0.2, 0) is 16.4 Å². The van der Waals surface area contributed by atoms with Gasteiger partial charge in [-0.1, -0.05) is 13.3 Å². The zero-order valence-electron chi connectivity index (χ0n) is 18.5. The summed E-state index contributed by atoms with van der Waals surface area (Å²) in [5.74, 6) is 0.262. The van der Waals surface area contributed by atoms with E-state index >= 15 is 0 Å². The lowest BCUT2D eigenvalue weighted by Crippen LogP contribution is -2.29. The monoisotopic (exact) mass is 463 g/mol. The molecule has 0 heterocycles. The van der Waals surface area contributed by atoms with E-state index < -0.39 is 15.9 Å². The highest BCUT2D eigenvalue weighted by atomic mass is 32.2. The summed E-state index contributed by atoms with van der Waals surface area (Å²) in [5, 5.41) is 10.4. The highest BCUT2D eigenvalue weighted by Gasteiger charge is 2.16. The number of phenols is 1. The van der Waals surface area contributed by atoms with Crippen LogP contribution in [0, 0.1) is 0 Å². The molecule has 0 radical (unpaired) electrons. The molecule has 0 spiro atoms. The predicted octanol–water partition coefficient (Wildman–Crippen LogP) is 3.47. The average molecular weight is 464 g/mol. The molecule has 2 rings (SSSR count). The van der Waals surface area contributed by atoms with Gasteiger partial charge in [-0.3, -0.25) is 9.59 Å². The van der Waals surface area contributed by atoms with E-state index in [9.17, 15) is 23.1 Å². The molecule has 2 aromatic carbocycles. The van der Waals surface area contributed by atoms with Crippen molar-refractivity contribution in [3.05, 3.63) is 53.1 Å². The van der Waals surface area contributed by atoms with E-state index in [1.165, 1.54) is 19.1 Å². The fourth-order valence-electron chi connectivity index (χ4n) is 3.03. The molecule has 0 bridgehead atoms. The number of aromatic hydroxyl groups is 1. The molecule has 2 aromatic rings. The van der Waals surface area contributed by atoms with Crippen molar-refractivity contribution in [1.82, 2.24) is 4.72 Å². The number of hydrogen-bond acceptors (Lipinski definition) is 7. The zero-order chi connectivity index (χ0) is 23.7. The van der Waals surface area contributed by atoms with Crippen LogP contribution >= 0.6 is 0 Å². The van der Waals surface area contributed by atoms with Crippen LogP contribution in [0.15, 0.2) is 36.4 Å². The Labute approximate surface area is 188 Å². The molecule has 8 nitrogen and oxygen atoms in total. The Morgan fingerprint density at radius 3 is 2.19 bits per heavy atom. The van der Waals surface area contributed by atoms with Crippen molar-refractivity contribution in [3.8, 4) is 17.2 Å². The van der Waals surface area contributed by atoms with Crippen LogP contribution in [0.2, 0.25) is 0 Å². The van der Waals surface area contributed by atoms with Crippen molar-refractivity contribution in [1.29, 1.82) is 0 Å². The minimum atomic E-state index is -3.61. The second kappa shape index (κ2) is 11.5. The number of sulfonamides is 1. The number of carbonyl (C=O) groups excluding carboxylic acids is 2. The Balaban J connectivity index is 1.80. The number of ether oxygens (including phenoxy) is 2. The average Bonchev–Trinajstić information content (AvgIpc) is 2.71. The van der Waals surface area contributed by atoms with Crippen LogP contribution in [-0.4, -0.2) is 44.7 Å². The Morgan fingerprint density at radius 1 is 1.00 bits per heavy atom. The van der Waals surface area contributed by atoms with Crippen molar-refractivity contribution in [2.75, 3.05) is 19.5 Å². The summed E-state index contributed by atoms with van der Waals surface area (Å²) in [5.41, 5.74) is 1.17. The van der Waals surface area contributed by atoms with Crippen molar-refractivity contribution in [2.45, 2.75) is 39.5 Å². The molecule has 174 valence electrons. The van der Waals surface area contributed by atoms with Crippen LogP contribution in [0.5, 0.6) is 17.2 Å². The number of Topliss-reactive ketones (excluding diaryl/α,β-unsaturated/α-hetero) is 1. The lowest BCUT2D eigenvalue weighted by Gasteiger charge is -2.14. The number of amides is 1. The molecule has 2 N–H and O–H groups in total. The third-order valence-corrected chi connectivity index (χ3v) is 5.13. The molecule has 9 heteroatoms. The molecule has 0 unspecified atom stereocenters. The van der Waals surface area contributed by atoms with Gasteiger partial charge in [-0.15, -0.1) is 0 Å². The van der Waals surface area contributed by atoms with E-state index in [1.54, 1.807) is 24.3 Å². The molecule has 0 saturated heterocycles. The summed E-state index contributed by atoms with van der Waals surface area (Å²) >= 11 is 0. The highest BCUT2D eigenvalue weighted by Crippen LogP contribution is 2.33. The zero-order valence-corrected chi connectivity index (χ0v) is 19.3. The van der Waals surface area contributed by atoms with E-state index in [0.29, 0.717) is 42.3 Å². The molecule has 0 saturated carbocycles. The van der Waals surface area contributed by atoms with Crippen molar-refractivity contribution < 1.29 is 32.6 Å². The Bertz CT molecular complexity index is 1050. The fraction of sp³-hybridized carbons (Fsp3) is 0.391. The Morgan fingerprint density at radius 2 is 1.62 bits per heavy atom. The first kappa shape index (κ1) is 25.2. The summed E-state index contributed by atoms with van der Waals surface area (Å²) in [6.45, 7) is 4.28. The van der Waals surface area contributed by atoms with Gasteiger partial charge in [-0.25, -0.2) is 13.1 Å². The predicted molar refractivity (Wildman–Crippen MR) is 121 cm³/mol. The van der Waals surface area contributed by atoms with E-state index in [1.807, 2.05) is 11.6 Å². The highest BCUT2D eigenvalue weighted by molar-refractivity contribution is 7.89. The number of carbonyl (C=O) groups is 2. The second-order valence-corrected chi connectivity index (χ2v) is 9.12. The summed E-state index contributed by atoms with van der Waals surface area (Å²) < 4.78 is 35.6. The lowest BCUT2D eigenvalue weighted by atomic mass is 10.0. The summed E-state index contributed by atoms with van der Waals surface area (Å²) in [4.78, 5) is 23.4. The number of hydrogen-bond donors (Lipinski definition) is 2. The lowest BCUT2D eigenvalue weighted by molar-refractivity contribution is 0.0979. The van der Waals surface area contributed by atoms with Gasteiger partial charge in [0.05, 0.1) is 25.0 Å². The molecule has 0 aromatic heterocycles. The van der Waals surface area contributed by atoms with Gasteiger partial charge in [0.25, 0.3) is 5.91 Å². The Hall–Kier alpha value is -3.07. The molecule has 0 atom stereocenters. The van der Waals surface area contributed by atoms with E-state index in [0.717, 1.165) is 25.5 Å².